The van der Waals surface area contributed by atoms with Gasteiger partial charge in [-0.15, -0.1) is 11.6 Å². The number of ether oxygens (including phenoxy) is 1. The molecule has 0 saturated heterocycles. The molecule has 0 aliphatic carbocycles. The molecule has 0 N–H and O–H groups in total. The first-order valence-corrected chi connectivity index (χ1v) is 6.97. The van der Waals surface area contributed by atoms with Crippen LogP contribution >= 0.6 is 39.1 Å². The number of halogens is 3. The van der Waals surface area contributed by atoms with Crippen molar-refractivity contribution in [1.29, 1.82) is 0 Å². The molecule has 1 aromatic heterocycles. The SMILES string of the molecule is ClCc1c(Cl)cccc1OCc1cncc(Br)c1. The Morgan fingerprint density at radius 3 is 2.83 bits per heavy atom. The highest BCUT2D eigenvalue weighted by Crippen LogP contribution is 2.28. The number of pyridine rings is 1. The van der Waals surface area contributed by atoms with Gasteiger partial charge in [-0.2, -0.15) is 0 Å². The highest BCUT2D eigenvalue weighted by atomic mass is 79.9. The number of nitrogens with zero attached hydrogens (tertiary/aromatic N) is 1. The van der Waals surface area contributed by atoms with E-state index < -0.39 is 0 Å². The van der Waals surface area contributed by atoms with E-state index in [-0.39, 0.29) is 0 Å². The molecule has 94 valence electrons. The Morgan fingerprint density at radius 1 is 1.28 bits per heavy atom. The van der Waals surface area contributed by atoms with Crippen LogP contribution in [0.5, 0.6) is 5.75 Å². The number of benzene rings is 1. The van der Waals surface area contributed by atoms with Crippen molar-refractivity contribution in [2.75, 3.05) is 0 Å². The van der Waals surface area contributed by atoms with Gasteiger partial charge in [0.2, 0.25) is 0 Å². The summed E-state index contributed by atoms with van der Waals surface area (Å²) in [7, 11) is 0. The van der Waals surface area contributed by atoms with Crippen LogP contribution in [0.1, 0.15) is 11.1 Å². The zero-order valence-electron chi connectivity index (χ0n) is 9.37. The molecule has 2 rings (SSSR count). The van der Waals surface area contributed by atoms with Crippen LogP contribution < -0.4 is 4.74 Å². The van der Waals surface area contributed by atoms with Crippen LogP contribution in [-0.4, -0.2) is 4.98 Å². The Hall–Kier alpha value is -0.770. The topological polar surface area (TPSA) is 22.1 Å². The Labute approximate surface area is 124 Å². The molecule has 0 amide bonds. The van der Waals surface area contributed by atoms with Crippen LogP contribution in [0.15, 0.2) is 41.1 Å². The van der Waals surface area contributed by atoms with E-state index in [2.05, 4.69) is 20.9 Å². The van der Waals surface area contributed by atoms with Crippen LogP contribution in [0.3, 0.4) is 0 Å². The largest absolute Gasteiger partial charge is 0.488 e. The van der Waals surface area contributed by atoms with Crippen LogP contribution in [0.2, 0.25) is 5.02 Å². The molecule has 0 bridgehead atoms. The first-order valence-electron chi connectivity index (χ1n) is 5.26. The van der Waals surface area contributed by atoms with Gasteiger partial charge in [-0.05, 0) is 34.1 Å². The summed E-state index contributed by atoms with van der Waals surface area (Å²) in [6.07, 6.45) is 3.49. The highest BCUT2D eigenvalue weighted by Gasteiger charge is 2.07. The highest BCUT2D eigenvalue weighted by molar-refractivity contribution is 9.10. The molecule has 2 aromatic rings. The molecule has 0 aliphatic rings. The molecule has 1 heterocycles. The molecule has 5 heteroatoms. The molecule has 0 saturated carbocycles. The van der Waals surface area contributed by atoms with E-state index in [1.54, 1.807) is 18.5 Å². The van der Waals surface area contributed by atoms with Crippen molar-refractivity contribution >= 4 is 39.1 Å². The van der Waals surface area contributed by atoms with E-state index in [9.17, 15) is 0 Å². The smallest absolute Gasteiger partial charge is 0.125 e. The quantitative estimate of drug-likeness (QED) is 0.741. The minimum absolute atomic E-state index is 0.325. The van der Waals surface area contributed by atoms with Gasteiger partial charge < -0.3 is 4.74 Å². The van der Waals surface area contributed by atoms with Gasteiger partial charge in [0, 0.05) is 33.0 Å². The number of hydrogen-bond donors (Lipinski definition) is 0. The monoisotopic (exact) mass is 345 g/mol. The average Bonchev–Trinajstić information content (AvgIpc) is 2.36. The molecule has 1 aromatic carbocycles. The van der Waals surface area contributed by atoms with Crippen molar-refractivity contribution in [3.63, 3.8) is 0 Å². The summed E-state index contributed by atoms with van der Waals surface area (Å²) in [5.41, 5.74) is 1.79. The minimum Gasteiger partial charge on any atom is -0.488 e. The van der Waals surface area contributed by atoms with Crippen LogP contribution in [0.4, 0.5) is 0 Å². The van der Waals surface area contributed by atoms with Gasteiger partial charge in [0.1, 0.15) is 12.4 Å². The van der Waals surface area contributed by atoms with Crippen LogP contribution in [0.25, 0.3) is 0 Å². The minimum atomic E-state index is 0.325. The second kappa shape index (κ2) is 6.41. The second-order valence-corrected chi connectivity index (χ2v) is 5.24. The van der Waals surface area contributed by atoms with E-state index in [4.69, 9.17) is 27.9 Å². The molecule has 0 fully saturated rings. The van der Waals surface area contributed by atoms with Gasteiger partial charge >= 0.3 is 0 Å². The number of rotatable bonds is 4. The zero-order valence-corrected chi connectivity index (χ0v) is 12.5. The lowest BCUT2D eigenvalue weighted by Crippen LogP contribution is -1.98. The van der Waals surface area contributed by atoms with E-state index >= 15 is 0 Å². The van der Waals surface area contributed by atoms with Crippen molar-refractivity contribution in [2.45, 2.75) is 12.5 Å². The third-order valence-electron chi connectivity index (χ3n) is 2.37. The first kappa shape index (κ1) is 13.7. The number of hydrogen-bond acceptors (Lipinski definition) is 2. The fourth-order valence-electron chi connectivity index (χ4n) is 1.50. The normalized spacial score (nSPS) is 10.4. The van der Waals surface area contributed by atoms with Gasteiger partial charge in [0.05, 0.1) is 5.88 Å². The summed E-state index contributed by atoms with van der Waals surface area (Å²) >= 11 is 15.3. The first-order chi connectivity index (χ1) is 8.70. The lowest BCUT2D eigenvalue weighted by Gasteiger charge is -2.11. The van der Waals surface area contributed by atoms with Crippen molar-refractivity contribution < 1.29 is 4.74 Å². The fraction of sp³-hybridized carbons (Fsp3) is 0.154. The Balaban J connectivity index is 2.13. The van der Waals surface area contributed by atoms with Crippen molar-refractivity contribution in [3.05, 3.63) is 57.3 Å². The maximum absolute atomic E-state index is 6.05. The Kier molecular flexibility index (Phi) is 4.87. The predicted molar refractivity (Wildman–Crippen MR) is 77.3 cm³/mol. The zero-order chi connectivity index (χ0) is 13.0. The molecular weight excluding hydrogens is 337 g/mol. The molecular formula is C13H10BrCl2NO. The molecule has 2 nitrogen and oxygen atoms in total. The van der Waals surface area contributed by atoms with E-state index in [0.29, 0.717) is 23.3 Å². The predicted octanol–water partition coefficient (Wildman–Crippen LogP) is 4.82. The van der Waals surface area contributed by atoms with Crippen LogP contribution in [0, 0.1) is 0 Å². The lowest BCUT2D eigenvalue weighted by atomic mass is 10.2. The summed E-state index contributed by atoms with van der Waals surface area (Å²) in [6.45, 7) is 0.427. The van der Waals surface area contributed by atoms with Gasteiger partial charge in [0.15, 0.2) is 0 Å². The Morgan fingerprint density at radius 2 is 2.11 bits per heavy atom. The molecule has 0 aliphatic heterocycles. The molecule has 0 spiro atoms. The van der Waals surface area contributed by atoms with Crippen LogP contribution in [-0.2, 0) is 12.5 Å². The van der Waals surface area contributed by atoms with Gasteiger partial charge in [0.25, 0.3) is 0 Å². The summed E-state index contributed by atoms with van der Waals surface area (Å²) in [4.78, 5) is 4.08. The summed E-state index contributed by atoms with van der Waals surface area (Å²) in [5.74, 6) is 1.03. The van der Waals surface area contributed by atoms with E-state index in [0.717, 1.165) is 15.6 Å². The van der Waals surface area contributed by atoms with Crippen molar-refractivity contribution in [1.82, 2.24) is 4.98 Å². The van der Waals surface area contributed by atoms with Crippen molar-refractivity contribution in [3.8, 4) is 5.75 Å². The molecule has 0 radical (unpaired) electrons. The molecule has 0 atom stereocenters. The summed E-state index contributed by atoms with van der Waals surface area (Å²) < 4.78 is 6.64. The summed E-state index contributed by atoms with van der Waals surface area (Å²) in [6, 6.07) is 7.45. The van der Waals surface area contributed by atoms with E-state index in [1.807, 2.05) is 18.2 Å². The van der Waals surface area contributed by atoms with Gasteiger partial charge in [-0.25, -0.2) is 0 Å². The fourth-order valence-corrected chi connectivity index (χ4v) is 2.49. The van der Waals surface area contributed by atoms with E-state index in [1.165, 1.54) is 0 Å². The number of aromatic nitrogens is 1. The third-order valence-corrected chi connectivity index (χ3v) is 3.42. The van der Waals surface area contributed by atoms with Gasteiger partial charge in [-0.3, -0.25) is 4.98 Å². The Bertz CT molecular complexity index is 548. The summed E-state index contributed by atoms with van der Waals surface area (Å²) in [5, 5.41) is 0.620. The maximum atomic E-state index is 6.05. The average molecular weight is 347 g/mol. The standard InChI is InChI=1S/C13H10BrCl2NO/c14-10-4-9(6-17-7-10)8-18-13-3-1-2-12(16)11(13)5-15/h1-4,6-7H,5,8H2. The maximum Gasteiger partial charge on any atom is 0.125 e. The van der Waals surface area contributed by atoms with Crippen molar-refractivity contribution in [2.24, 2.45) is 0 Å². The number of alkyl halides is 1. The second-order valence-electron chi connectivity index (χ2n) is 3.65. The van der Waals surface area contributed by atoms with Gasteiger partial charge in [-0.1, -0.05) is 17.7 Å². The molecule has 18 heavy (non-hydrogen) atoms. The lowest BCUT2D eigenvalue weighted by molar-refractivity contribution is 0.303. The molecule has 0 unspecified atom stereocenters. The third kappa shape index (κ3) is 3.37.